The van der Waals surface area contributed by atoms with Crippen molar-refractivity contribution in [3.8, 4) is 0 Å². The van der Waals surface area contributed by atoms with E-state index < -0.39 is 16.0 Å². The molecule has 118 valence electrons. The van der Waals surface area contributed by atoms with Crippen LogP contribution in [0.2, 0.25) is 0 Å². The van der Waals surface area contributed by atoms with Gasteiger partial charge in [0.05, 0.1) is 17.1 Å². The molecular formula is C13H18BrNO5S. The van der Waals surface area contributed by atoms with Crippen molar-refractivity contribution >= 4 is 31.9 Å². The fourth-order valence-corrected chi connectivity index (χ4v) is 3.69. The zero-order valence-electron chi connectivity index (χ0n) is 12.1. The Bertz CT molecular complexity index is 630. The average Bonchev–Trinajstić information content (AvgIpc) is 2.41. The van der Waals surface area contributed by atoms with Gasteiger partial charge in [-0.3, -0.25) is 0 Å². The molecular weight excluding hydrogens is 362 g/mol. The fourth-order valence-electron chi connectivity index (χ4n) is 1.67. The molecule has 6 nitrogen and oxygen atoms in total. The first-order valence-electron chi connectivity index (χ1n) is 6.29. The predicted octanol–water partition coefficient (Wildman–Crippen LogP) is 2.11. The first-order chi connectivity index (χ1) is 9.71. The fraction of sp³-hybridized carbons (Fsp3) is 0.462. The van der Waals surface area contributed by atoms with E-state index in [9.17, 15) is 13.2 Å². The molecule has 0 aliphatic rings. The summed E-state index contributed by atoms with van der Waals surface area (Å²) in [6, 6.07) is 2.56. The molecule has 0 unspecified atom stereocenters. The van der Waals surface area contributed by atoms with Gasteiger partial charge in [-0.05, 0) is 31.5 Å². The van der Waals surface area contributed by atoms with Gasteiger partial charge in [-0.1, -0.05) is 15.9 Å². The Morgan fingerprint density at radius 1 is 1.43 bits per heavy atom. The average molecular weight is 380 g/mol. The van der Waals surface area contributed by atoms with Gasteiger partial charge in [0.1, 0.15) is 0 Å². The van der Waals surface area contributed by atoms with Gasteiger partial charge < -0.3 is 9.84 Å². The highest BCUT2D eigenvalue weighted by molar-refractivity contribution is 9.10. The molecule has 0 aliphatic heterocycles. The molecule has 1 rings (SSSR count). The van der Waals surface area contributed by atoms with Crippen LogP contribution in [-0.4, -0.2) is 50.6 Å². The Balaban J connectivity index is 3.21. The Morgan fingerprint density at radius 3 is 2.57 bits per heavy atom. The third kappa shape index (κ3) is 4.26. The number of halogens is 1. The third-order valence-corrected chi connectivity index (χ3v) is 5.79. The molecule has 1 aromatic rings. The van der Waals surface area contributed by atoms with Gasteiger partial charge in [0.25, 0.3) is 0 Å². The van der Waals surface area contributed by atoms with E-state index in [2.05, 4.69) is 15.9 Å². The second kappa shape index (κ2) is 7.35. The van der Waals surface area contributed by atoms with E-state index in [0.717, 1.165) is 4.31 Å². The number of aromatic carboxylic acids is 1. The molecule has 1 N–H and O–H groups in total. The van der Waals surface area contributed by atoms with Crippen LogP contribution in [0, 0.1) is 6.92 Å². The van der Waals surface area contributed by atoms with Crippen molar-refractivity contribution in [1.82, 2.24) is 4.31 Å². The van der Waals surface area contributed by atoms with Crippen molar-refractivity contribution in [2.24, 2.45) is 0 Å². The number of nitrogens with zero attached hydrogens (tertiary/aromatic N) is 1. The predicted molar refractivity (Wildman–Crippen MR) is 82.1 cm³/mol. The summed E-state index contributed by atoms with van der Waals surface area (Å²) in [5.74, 6) is -1.18. The van der Waals surface area contributed by atoms with Crippen molar-refractivity contribution < 1.29 is 23.1 Å². The maximum absolute atomic E-state index is 12.5. The van der Waals surface area contributed by atoms with E-state index in [0.29, 0.717) is 16.6 Å². The van der Waals surface area contributed by atoms with Crippen LogP contribution in [0.5, 0.6) is 0 Å². The molecule has 0 heterocycles. The molecule has 0 atom stereocenters. The van der Waals surface area contributed by atoms with E-state index in [-0.39, 0.29) is 23.6 Å². The number of ether oxygens (including phenoxy) is 1. The van der Waals surface area contributed by atoms with Gasteiger partial charge in [0, 0.05) is 24.7 Å². The lowest BCUT2D eigenvalue weighted by Crippen LogP contribution is -2.31. The summed E-state index contributed by atoms with van der Waals surface area (Å²) in [6.45, 7) is 4.44. The normalized spacial score (nSPS) is 11.9. The number of sulfonamides is 1. The molecule has 0 radical (unpaired) electrons. The number of carbonyl (C=O) groups is 1. The summed E-state index contributed by atoms with van der Waals surface area (Å²) in [5.41, 5.74) is 0.396. The van der Waals surface area contributed by atoms with Gasteiger partial charge in [-0.15, -0.1) is 0 Å². The lowest BCUT2D eigenvalue weighted by molar-refractivity contribution is 0.0696. The highest BCUT2D eigenvalue weighted by Gasteiger charge is 2.25. The van der Waals surface area contributed by atoms with Gasteiger partial charge in [-0.2, -0.15) is 4.31 Å². The minimum atomic E-state index is -3.77. The number of likely N-dealkylation sites (N-methyl/N-ethyl adjacent to an activating group) is 1. The van der Waals surface area contributed by atoms with E-state index in [1.165, 1.54) is 19.2 Å². The van der Waals surface area contributed by atoms with Crippen molar-refractivity contribution in [2.45, 2.75) is 18.7 Å². The number of hydrogen-bond acceptors (Lipinski definition) is 4. The quantitative estimate of drug-likeness (QED) is 0.733. The van der Waals surface area contributed by atoms with Crippen LogP contribution in [0.15, 0.2) is 21.5 Å². The van der Waals surface area contributed by atoms with E-state index in [1.54, 1.807) is 6.92 Å². The van der Waals surface area contributed by atoms with Crippen LogP contribution >= 0.6 is 15.9 Å². The third-order valence-electron chi connectivity index (χ3n) is 2.99. The lowest BCUT2D eigenvalue weighted by atomic mass is 10.1. The maximum atomic E-state index is 12.5. The van der Waals surface area contributed by atoms with Crippen molar-refractivity contribution in [3.05, 3.63) is 27.7 Å². The Hall–Kier alpha value is -0.960. The highest BCUT2D eigenvalue weighted by Crippen LogP contribution is 2.27. The zero-order valence-corrected chi connectivity index (χ0v) is 14.5. The van der Waals surface area contributed by atoms with Gasteiger partial charge in [-0.25, -0.2) is 13.2 Å². The smallest absolute Gasteiger partial charge is 0.335 e. The molecule has 0 saturated heterocycles. The SMILES string of the molecule is CCOCCN(C)S(=O)(=O)c1cc(C(=O)O)cc(Br)c1C. The minimum Gasteiger partial charge on any atom is -0.478 e. The molecule has 0 bridgehead atoms. The van der Waals surface area contributed by atoms with Crippen molar-refractivity contribution in [1.29, 1.82) is 0 Å². The van der Waals surface area contributed by atoms with Crippen LogP contribution < -0.4 is 0 Å². The van der Waals surface area contributed by atoms with Crippen LogP contribution in [0.1, 0.15) is 22.8 Å². The van der Waals surface area contributed by atoms with E-state index >= 15 is 0 Å². The number of rotatable bonds is 7. The molecule has 0 spiro atoms. The minimum absolute atomic E-state index is 0.0201. The summed E-state index contributed by atoms with van der Waals surface area (Å²) in [4.78, 5) is 11.1. The molecule has 1 aromatic carbocycles. The standard InChI is InChI=1S/C13H18BrNO5S/c1-4-20-6-5-15(3)21(18,19)12-8-10(13(16)17)7-11(14)9(12)2/h7-8H,4-6H2,1-3H3,(H,16,17). The second-order valence-corrected chi connectivity index (χ2v) is 7.28. The Kier molecular flexibility index (Phi) is 6.33. The number of benzene rings is 1. The molecule has 0 amide bonds. The summed E-state index contributed by atoms with van der Waals surface area (Å²) in [7, 11) is -2.33. The first kappa shape index (κ1) is 18.1. The molecule has 0 saturated carbocycles. The number of carboxylic acids is 1. The van der Waals surface area contributed by atoms with E-state index in [4.69, 9.17) is 9.84 Å². The van der Waals surface area contributed by atoms with Crippen molar-refractivity contribution in [2.75, 3.05) is 26.8 Å². The second-order valence-electron chi connectivity index (χ2n) is 4.41. The summed E-state index contributed by atoms with van der Waals surface area (Å²) in [5, 5.41) is 9.05. The molecule has 0 fully saturated rings. The van der Waals surface area contributed by atoms with Crippen LogP contribution in [-0.2, 0) is 14.8 Å². The largest absolute Gasteiger partial charge is 0.478 e. The topological polar surface area (TPSA) is 83.9 Å². The summed E-state index contributed by atoms with van der Waals surface area (Å²) >= 11 is 3.20. The molecule has 21 heavy (non-hydrogen) atoms. The summed E-state index contributed by atoms with van der Waals surface area (Å²) in [6.07, 6.45) is 0. The first-order valence-corrected chi connectivity index (χ1v) is 8.52. The number of hydrogen-bond donors (Lipinski definition) is 1. The highest BCUT2D eigenvalue weighted by atomic mass is 79.9. The maximum Gasteiger partial charge on any atom is 0.335 e. The van der Waals surface area contributed by atoms with E-state index in [1.807, 2.05) is 6.92 Å². The van der Waals surface area contributed by atoms with Gasteiger partial charge in [0.2, 0.25) is 10.0 Å². The van der Waals surface area contributed by atoms with Crippen LogP contribution in [0.3, 0.4) is 0 Å². The molecule has 0 aromatic heterocycles. The van der Waals surface area contributed by atoms with Crippen molar-refractivity contribution in [3.63, 3.8) is 0 Å². The van der Waals surface area contributed by atoms with Crippen LogP contribution in [0.4, 0.5) is 0 Å². The van der Waals surface area contributed by atoms with Gasteiger partial charge in [0.15, 0.2) is 0 Å². The Morgan fingerprint density at radius 2 is 2.05 bits per heavy atom. The lowest BCUT2D eigenvalue weighted by Gasteiger charge is -2.19. The van der Waals surface area contributed by atoms with Crippen LogP contribution in [0.25, 0.3) is 0 Å². The monoisotopic (exact) mass is 379 g/mol. The number of carboxylic acid groups (broad SMARTS) is 1. The summed E-state index contributed by atoms with van der Waals surface area (Å²) < 4.78 is 31.8. The zero-order chi connectivity index (χ0) is 16.2. The van der Waals surface area contributed by atoms with Gasteiger partial charge >= 0.3 is 5.97 Å². The molecule has 8 heteroatoms. The molecule has 0 aliphatic carbocycles. The Labute approximate surface area is 132 Å².